The first-order valence-corrected chi connectivity index (χ1v) is 22.4. The highest BCUT2D eigenvalue weighted by Gasteiger charge is 2.47. The largest absolute Gasteiger partial charge is 0.313 e. The van der Waals surface area contributed by atoms with Crippen LogP contribution in [0.4, 0.5) is 0 Å². The second kappa shape index (κ2) is 14.6. The molecule has 59 heavy (non-hydrogen) atoms. The van der Waals surface area contributed by atoms with Crippen LogP contribution in [0.1, 0.15) is 48.4 Å². The molecule has 0 radical (unpaired) electrons. The fourth-order valence-corrected chi connectivity index (χ4v) is 13.2. The van der Waals surface area contributed by atoms with Gasteiger partial charge in [0.15, 0.2) is 11.6 Å². The van der Waals surface area contributed by atoms with Crippen molar-refractivity contribution >= 4 is 34.5 Å². The van der Waals surface area contributed by atoms with Gasteiger partial charge in [-0.1, -0.05) is 176 Å². The average molecular weight is 781 g/mol. The molecule has 5 aromatic carbocycles. The molecule has 0 N–H and O–H groups in total. The molecule has 4 aliphatic rings. The van der Waals surface area contributed by atoms with Gasteiger partial charge in [0.25, 0.3) is 0 Å². The Morgan fingerprint density at radius 1 is 0.627 bits per heavy atom. The lowest BCUT2D eigenvalue weighted by Gasteiger charge is -2.33. The van der Waals surface area contributed by atoms with Crippen molar-refractivity contribution in [1.29, 1.82) is 0 Å². The van der Waals surface area contributed by atoms with Gasteiger partial charge in [0.2, 0.25) is 5.95 Å². The number of benzene rings is 5. The minimum atomic E-state index is -3.26. The molecule has 0 spiro atoms. The molecule has 11 rings (SSSR count). The third-order valence-corrected chi connectivity index (χ3v) is 16.0. The van der Waals surface area contributed by atoms with E-state index in [2.05, 4.69) is 168 Å². The van der Waals surface area contributed by atoms with E-state index in [0.717, 1.165) is 85.4 Å². The van der Waals surface area contributed by atoms with E-state index in [1.165, 1.54) is 5.56 Å². The van der Waals surface area contributed by atoms with Gasteiger partial charge in [-0.25, -0.2) is 4.98 Å². The molecule has 1 aliphatic heterocycles. The number of allylic oxidation sites excluding steroid dienone is 12. The summed E-state index contributed by atoms with van der Waals surface area (Å²) in [5.74, 6) is 2.09. The molecule has 7 aromatic rings. The summed E-state index contributed by atoms with van der Waals surface area (Å²) in [4.78, 5) is 15.8. The number of hydrogen-bond acceptors (Lipinski definition) is 4. The zero-order valence-electron chi connectivity index (χ0n) is 32.5. The molecule has 0 bridgehead atoms. The van der Waals surface area contributed by atoms with Crippen molar-refractivity contribution in [3.63, 3.8) is 0 Å². The second-order valence-electron chi connectivity index (χ2n) is 15.7. The molecule has 3 heterocycles. The fraction of sp³-hybridized carbons (Fsp3) is 0.113. The van der Waals surface area contributed by atoms with Gasteiger partial charge in [-0.05, 0) is 65.7 Å². The zero-order valence-corrected chi connectivity index (χ0v) is 33.4. The first-order valence-electron chi connectivity index (χ1n) is 20.6. The molecule has 2 aromatic heterocycles. The van der Waals surface area contributed by atoms with Crippen LogP contribution in [-0.4, -0.2) is 25.2 Å². The molecule has 0 saturated heterocycles. The minimum Gasteiger partial charge on any atom is -0.313 e. The van der Waals surface area contributed by atoms with Crippen LogP contribution < -0.4 is 5.30 Å². The van der Waals surface area contributed by atoms with Gasteiger partial charge >= 0.3 is 0 Å². The first kappa shape index (κ1) is 35.5. The third-order valence-electron chi connectivity index (χ3n) is 12.3. The molecule has 5 nitrogen and oxygen atoms in total. The van der Waals surface area contributed by atoms with Crippen LogP contribution in [0, 0.1) is 0 Å². The summed E-state index contributed by atoms with van der Waals surface area (Å²) in [6.45, 7) is 0. The predicted molar refractivity (Wildman–Crippen MR) is 243 cm³/mol. The van der Waals surface area contributed by atoms with E-state index < -0.39 is 7.14 Å². The zero-order chi connectivity index (χ0) is 39.3. The van der Waals surface area contributed by atoms with Crippen LogP contribution >= 0.6 is 7.14 Å². The maximum atomic E-state index is 16.7. The Bertz CT molecular complexity index is 3020. The predicted octanol–water partition coefficient (Wildman–Crippen LogP) is 12.9. The standard InChI is InChI=1S/C53H41N4OP/c58-59(42-24-16-23-41(35-42)37-19-6-2-7-20-37)47-29-14-11-26-44(47)49-43-25-10-13-28-46(43)57(50(49)45-27-12-15-30-48(45)59)53-55-51(39-21-8-3-9-22-39)54-52(56-53)40-33-31-38(32-34-40)36-17-4-1-5-18-36/h1-13,15-17,19-28,31-36,48H,14,18,29-30H2. The molecule has 284 valence electrons. The number of para-hydroxylation sites is 1. The van der Waals surface area contributed by atoms with Crippen molar-refractivity contribution in [2.24, 2.45) is 0 Å². The van der Waals surface area contributed by atoms with Crippen molar-refractivity contribution in [2.75, 3.05) is 0 Å². The molecule has 3 atom stereocenters. The molecule has 0 saturated carbocycles. The van der Waals surface area contributed by atoms with Gasteiger partial charge < -0.3 is 4.57 Å². The van der Waals surface area contributed by atoms with E-state index in [4.69, 9.17) is 15.0 Å². The highest BCUT2D eigenvalue weighted by atomic mass is 31.2. The smallest absolute Gasteiger partial charge is 0.238 e. The summed E-state index contributed by atoms with van der Waals surface area (Å²) in [6.07, 6.45) is 23.0. The van der Waals surface area contributed by atoms with E-state index in [-0.39, 0.29) is 5.66 Å². The summed E-state index contributed by atoms with van der Waals surface area (Å²) in [5, 5.41) is 3.05. The molecular weight excluding hydrogens is 740 g/mol. The molecule has 0 amide bonds. The van der Waals surface area contributed by atoms with Crippen LogP contribution in [0.2, 0.25) is 0 Å². The van der Waals surface area contributed by atoms with E-state index >= 15 is 4.57 Å². The topological polar surface area (TPSA) is 60.7 Å². The van der Waals surface area contributed by atoms with Gasteiger partial charge in [0.1, 0.15) is 7.14 Å². The Morgan fingerprint density at radius 2 is 1.34 bits per heavy atom. The van der Waals surface area contributed by atoms with Crippen LogP contribution in [0.3, 0.4) is 0 Å². The van der Waals surface area contributed by atoms with Gasteiger partial charge in [-0.2, -0.15) is 9.97 Å². The molecule has 3 aliphatic carbocycles. The summed E-state index contributed by atoms with van der Waals surface area (Å²) in [5.41, 5.74) is 10.2. The Labute approximate surface area is 344 Å². The average Bonchev–Trinajstić information content (AvgIpc) is 3.63. The number of nitrogens with zero attached hydrogens (tertiary/aromatic N) is 4. The second-order valence-corrected chi connectivity index (χ2v) is 18.7. The first-order chi connectivity index (χ1) is 29.1. The van der Waals surface area contributed by atoms with Crippen molar-refractivity contribution in [1.82, 2.24) is 19.5 Å². The molecular formula is C53H41N4OP. The van der Waals surface area contributed by atoms with Crippen LogP contribution in [0.25, 0.3) is 61.9 Å². The van der Waals surface area contributed by atoms with Gasteiger partial charge in [-0.15, -0.1) is 0 Å². The van der Waals surface area contributed by atoms with Gasteiger partial charge in [-0.3, -0.25) is 4.57 Å². The number of hydrogen-bond donors (Lipinski definition) is 0. The SMILES string of the molecule is O=P1(c2cccc(-c3ccccc3)c2)C2=C(C=CCC2)c2c(n(-c3nc(-c4ccccc4)nc(-c4ccc(C5C=CC=CC5)cc4)n3)c3ccccc23)C2=CC=CCC21. The highest BCUT2D eigenvalue weighted by Crippen LogP contribution is 2.69. The Kier molecular flexibility index (Phi) is 8.78. The maximum absolute atomic E-state index is 16.7. The summed E-state index contributed by atoms with van der Waals surface area (Å²) in [7, 11) is -3.26. The normalized spacial score (nSPS) is 20.5. The van der Waals surface area contributed by atoms with Crippen LogP contribution in [0.15, 0.2) is 193 Å². The monoisotopic (exact) mass is 780 g/mol. The summed E-state index contributed by atoms with van der Waals surface area (Å²) in [6, 6.07) is 46.3. The van der Waals surface area contributed by atoms with Gasteiger partial charge in [0, 0.05) is 38.6 Å². The Balaban J connectivity index is 1.16. The highest BCUT2D eigenvalue weighted by molar-refractivity contribution is 7.77. The summed E-state index contributed by atoms with van der Waals surface area (Å²) >= 11 is 0. The molecule has 6 heteroatoms. The Hall–Kier alpha value is -6.68. The van der Waals surface area contributed by atoms with Crippen molar-refractivity contribution in [3.8, 4) is 39.9 Å². The van der Waals surface area contributed by atoms with Crippen molar-refractivity contribution in [2.45, 2.75) is 37.3 Å². The lowest BCUT2D eigenvalue weighted by molar-refractivity contribution is 0.579. The lowest BCUT2D eigenvalue weighted by Crippen LogP contribution is -2.22. The minimum absolute atomic E-state index is 0.273. The maximum Gasteiger partial charge on any atom is 0.238 e. The molecule has 0 fully saturated rings. The fourth-order valence-electron chi connectivity index (χ4n) is 9.48. The van der Waals surface area contributed by atoms with Crippen LogP contribution in [0.5, 0.6) is 0 Å². The van der Waals surface area contributed by atoms with Gasteiger partial charge in [0.05, 0.1) is 16.9 Å². The lowest BCUT2D eigenvalue weighted by atomic mass is 9.92. The number of aromatic nitrogens is 4. The van der Waals surface area contributed by atoms with Crippen LogP contribution in [-0.2, 0) is 4.57 Å². The quantitative estimate of drug-likeness (QED) is 0.158. The number of rotatable bonds is 6. The number of fused-ring (bicyclic) bond motifs is 6. The third kappa shape index (κ3) is 5.99. The Morgan fingerprint density at radius 3 is 2.12 bits per heavy atom. The van der Waals surface area contributed by atoms with E-state index in [0.29, 0.717) is 29.9 Å². The van der Waals surface area contributed by atoms with Crippen molar-refractivity contribution in [3.05, 3.63) is 210 Å². The van der Waals surface area contributed by atoms with E-state index in [1.54, 1.807) is 0 Å². The van der Waals surface area contributed by atoms with Crippen molar-refractivity contribution < 1.29 is 4.57 Å². The molecule has 3 unspecified atom stereocenters. The summed E-state index contributed by atoms with van der Waals surface area (Å²) < 4.78 is 18.9. The van der Waals surface area contributed by atoms with E-state index in [9.17, 15) is 0 Å². The van der Waals surface area contributed by atoms with E-state index in [1.807, 2.05) is 24.3 Å².